The first-order valence-electron chi connectivity index (χ1n) is 5.33. The molecule has 4 heteroatoms. The Hall–Kier alpha value is -0.840. The second kappa shape index (κ2) is 5.67. The lowest BCUT2D eigenvalue weighted by Gasteiger charge is -2.11. The average Bonchev–Trinajstić information content (AvgIpc) is 2.75. The Balaban J connectivity index is 2.06. The van der Waals surface area contributed by atoms with Crippen LogP contribution in [-0.2, 0) is 6.42 Å². The monoisotopic (exact) mass is 311 g/mol. The van der Waals surface area contributed by atoms with Gasteiger partial charge in [-0.1, -0.05) is 12.1 Å². The molecule has 1 atom stereocenters. The van der Waals surface area contributed by atoms with E-state index < -0.39 is 0 Å². The van der Waals surface area contributed by atoms with Crippen LogP contribution in [-0.4, -0.2) is 7.11 Å². The fraction of sp³-hybridized carbons (Fsp3) is 0.231. The normalized spacial score (nSPS) is 12.4. The van der Waals surface area contributed by atoms with E-state index in [-0.39, 0.29) is 6.04 Å². The molecule has 1 aromatic heterocycles. The number of methoxy groups -OCH3 is 1. The van der Waals surface area contributed by atoms with Crippen molar-refractivity contribution >= 4 is 27.3 Å². The van der Waals surface area contributed by atoms with Crippen molar-refractivity contribution in [1.82, 2.24) is 0 Å². The average molecular weight is 312 g/mol. The number of ether oxygens (including phenoxy) is 1. The first kappa shape index (κ1) is 12.6. The number of rotatable bonds is 4. The maximum atomic E-state index is 6.18. The van der Waals surface area contributed by atoms with Crippen molar-refractivity contribution in [2.45, 2.75) is 12.5 Å². The number of hydrogen-bond donors (Lipinski definition) is 1. The summed E-state index contributed by atoms with van der Waals surface area (Å²) in [6.07, 6.45) is 0.864. The third-order valence-electron chi connectivity index (χ3n) is 2.59. The first-order valence-corrected chi connectivity index (χ1v) is 6.93. The van der Waals surface area contributed by atoms with Crippen LogP contribution in [0.4, 0.5) is 0 Å². The molecule has 1 unspecified atom stereocenters. The van der Waals surface area contributed by atoms with Gasteiger partial charge in [-0.05, 0) is 45.8 Å². The van der Waals surface area contributed by atoms with Crippen LogP contribution in [0, 0.1) is 0 Å². The Labute approximate surface area is 114 Å². The van der Waals surface area contributed by atoms with E-state index in [4.69, 9.17) is 10.5 Å². The van der Waals surface area contributed by atoms with Crippen molar-refractivity contribution in [1.29, 1.82) is 0 Å². The summed E-state index contributed by atoms with van der Waals surface area (Å²) in [6, 6.07) is 12.1. The van der Waals surface area contributed by atoms with E-state index in [2.05, 4.69) is 28.1 Å². The molecule has 0 fully saturated rings. The molecule has 2 aromatic rings. The van der Waals surface area contributed by atoms with E-state index in [1.54, 1.807) is 18.4 Å². The SMILES string of the molecule is COc1ccc(C(N)Cc2ccc(Br)s2)cc1. The Morgan fingerprint density at radius 2 is 1.94 bits per heavy atom. The number of hydrogen-bond acceptors (Lipinski definition) is 3. The van der Waals surface area contributed by atoms with Gasteiger partial charge < -0.3 is 10.5 Å². The molecule has 0 spiro atoms. The maximum absolute atomic E-state index is 6.18. The molecule has 0 saturated carbocycles. The number of thiophene rings is 1. The molecule has 0 saturated heterocycles. The lowest BCUT2D eigenvalue weighted by Crippen LogP contribution is -2.12. The molecule has 0 amide bonds. The van der Waals surface area contributed by atoms with E-state index in [0.717, 1.165) is 21.5 Å². The number of halogens is 1. The first-order chi connectivity index (χ1) is 8.19. The van der Waals surface area contributed by atoms with Crippen molar-refractivity contribution < 1.29 is 4.74 Å². The summed E-state index contributed by atoms with van der Waals surface area (Å²) in [7, 11) is 1.66. The minimum absolute atomic E-state index is 0.0338. The molecule has 1 heterocycles. The second-order valence-electron chi connectivity index (χ2n) is 3.79. The van der Waals surface area contributed by atoms with Gasteiger partial charge in [0.25, 0.3) is 0 Å². The molecule has 0 aliphatic carbocycles. The molecule has 1 aromatic carbocycles. The summed E-state index contributed by atoms with van der Waals surface area (Å²) in [6.45, 7) is 0. The Kier molecular flexibility index (Phi) is 4.20. The van der Waals surface area contributed by atoms with Crippen molar-refractivity contribution in [3.8, 4) is 5.75 Å². The zero-order chi connectivity index (χ0) is 12.3. The van der Waals surface area contributed by atoms with Crippen LogP contribution >= 0.6 is 27.3 Å². The van der Waals surface area contributed by atoms with Gasteiger partial charge in [-0.2, -0.15) is 0 Å². The standard InChI is InChI=1S/C13H14BrNOS/c1-16-10-4-2-9(3-5-10)12(15)8-11-6-7-13(14)17-11/h2-7,12H,8,15H2,1H3. The molecular formula is C13H14BrNOS. The predicted octanol–water partition coefficient (Wildman–Crippen LogP) is 3.76. The highest BCUT2D eigenvalue weighted by Gasteiger charge is 2.08. The molecule has 2 nitrogen and oxygen atoms in total. The van der Waals surface area contributed by atoms with Crippen LogP contribution in [0.1, 0.15) is 16.5 Å². The van der Waals surface area contributed by atoms with Gasteiger partial charge in [-0.3, -0.25) is 0 Å². The van der Waals surface area contributed by atoms with Crippen molar-refractivity contribution in [2.75, 3.05) is 7.11 Å². The molecular weight excluding hydrogens is 298 g/mol. The van der Waals surface area contributed by atoms with E-state index in [1.165, 1.54) is 4.88 Å². The van der Waals surface area contributed by atoms with Crippen LogP contribution in [0.15, 0.2) is 40.2 Å². The van der Waals surface area contributed by atoms with Gasteiger partial charge in [0.2, 0.25) is 0 Å². The third-order valence-corrected chi connectivity index (χ3v) is 4.24. The van der Waals surface area contributed by atoms with Gasteiger partial charge in [-0.25, -0.2) is 0 Å². The van der Waals surface area contributed by atoms with Crippen LogP contribution < -0.4 is 10.5 Å². The molecule has 0 aliphatic heterocycles. The van der Waals surface area contributed by atoms with E-state index in [9.17, 15) is 0 Å². The van der Waals surface area contributed by atoms with Crippen LogP contribution in [0.3, 0.4) is 0 Å². The minimum Gasteiger partial charge on any atom is -0.497 e. The van der Waals surface area contributed by atoms with Gasteiger partial charge in [0.1, 0.15) is 5.75 Å². The van der Waals surface area contributed by atoms with Crippen molar-refractivity contribution in [3.05, 3.63) is 50.6 Å². The van der Waals surface area contributed by atoms with Gasteiger partial charge in [0.05, 0.1) is 10.9 Å². The smallest absolute Gasteiger partial charge is 0.118 e. The summed E-state index contributed by atoms with van der Waals surface area (Å²) in [5.41, 5.74) is 7.31. The van der Waals surface area contributed by atoms with E-state index in [0.29, 0.717) is 0 Å². The number of nitrogens with two attached hydrogens (primary N) is 1. The molecule has 0 radical (unpaired) electrons. The van der Waals surface area contributed by atoms with Crippen molar-refractivity contribution in [2.24, 2.45) is 5.73 Å². The molecule has 90 valence electrons. The van der Waals surface area contributed by atoms with Gasteiger partial charge in [0, 0.05) is 17.3 Å². The quantitative estimate of drug-likeness (QED) is 0.933. The third kappa shape index (κ3) is 3.31. The molecule has 17 heavy (non-hydrogen) atoms. The fourth-order valence-corrected chi connectivity index (χ4v) is 3.19. The summed E-state index contributed by atoms with van der Waals surface area (Å²) in [4.78, 5) is 1.29. The van der Waals surface area contributed by atoms with Crippen LogP contribution in [0.5, 0.6) is 5.75 Å². The van der Waals surface area contributed by atoms with Gasteiger partial charge in [-0.15, -0.1) is 11.3 Å². The number of benzene rings is 1. The lowest BCUT2D eigenvalue weighted by atomic mass is 10.0. The topological polar surface area (TPSA) is 35.2 Å². The maximum Gasteiger partial charge on any atom is 0.118 e. The largest absolute Gasteiger partial charge is 0.497 e. The lowest BCUT2D eigenvalue weighted by molar-refractivity contribution is 0.414. The zero-order valence-electron chi connectivity index (χ0n) is 9.52. The van der Waals surface area contributed by atoms with Crippen LogP contribution in [0.2, 0.25) is 0 Å². The highest BCUT2D eigenvalue weighted by Crippen LogP contribution is 2.26. The second-order valence-corrected chi connectivity index (χ2v) is 6.34. The Morgan fingerprint density at radius 3 is 2.47 bits per heavy atom. The Bertz CT molecular complexity index is 480. The summed E-state index contributed by atoms with van der Waals surface area (Å²) < 4.78 is 6.27. The summed E-state index contributed by atoms with van der Waals surface area (Å²) >= 11 is 5.19. The molecule has 2 rings (SSSR count). The van der Waals surface area contributed by atoms with E-state index >= 15 is 0 Å². The summed E-state index contributed by atoms with van der Waals surface area (Å²) in [5, 5.41) is 0. The van der Waals surface area contributed by atoms with Crippen molar-refractivity contribution in [3.63, 3.8) is 0 Å². The van der Waals surface area contributed by atoms with Crippen LogP contribution in [0.25, 0.3) is 0 Å². The molecule has 0 aliphatic rings. The zero-order valence-corrected chi connectivity index (χ0v) is 11.9. The molecule has 2 N–H and O–H groups in total. The summed E-state index contributed by atoms with van der Waals surface area (Å²) in [5.74, 6) is 0.861. The van der Waals surface area contributed by atoms with Gasteiger partial charge >= 0.3 is 0 Å². The highest BCUT2D eigenvalue weighted by atomic mass is 79.9. The van der Waals surface area contributed by atoms with Gasteiger partial charge in [0.15, 0.2) is 0 Å². The predicted molar refractivity (Wildman–Crippen MR) is 75.6 cm³/mol. The molecule has 0 bridgehead atoms. The highest BCUT2D eigenvalue weighted by molar-refractivity contribution is 9.11. The minimum atomic E-state index is 0.0338. The van der Waals surface area contributed by atoms with E-state index in [1.807, 2.05) is 24.3 Å². The fourth-order valence-electron chi connectivity index (χ4n) is 1.65. The Morgan fingerprint density at radius 1 is 1.24 bits per heavy atom.